The minimum atomic E-state index is -4.48. The standard InChI is InChI=1S/C30H19F9O4/c1-2-3-16-4-10-21(23(31)12-16)29(36,37)42-18-7-5-17(6-8-18)28(40)41-19-9-11-22(24(32)13-19)30(38,39)43-20-14-25(33)27(35)26(34)15-20/h4-15H,2-3H2,1H3. The Hall–Kier alpha value is -4.68. The molecular weight excluding hydrogens is 595 g/mol. The van der Waals surface area contributed by atoms with Crippen LogP contribution in [0, 0.1) is 29.1 Å². The molecule has 0 fully saturated rings. The van der Waals surface area contributed by atoms with Crippen molar-refractivity contribution in [2.75, 3.05) is 0 Å². The number of ether oxygens (including phenoxy) is 3. The third-order valence-electron chi connectivity index (χ3n) is 5.89. The van der Waals surface area contributed by atoms with Crippen molar-refractivity contribution >= 4 is 5.97 Å². The van der Waals surface area contributed by atoms with Crippen LogP contribution in [-0.2, 0) is 18.6 Å². The second kappa shape index (κ2) is 12.3. The number of hydrogen-bond acceptors (Lipinski definition) is 4. The minimum Gasteiger partial charge on any atom is -0.429 e. The Bertz CT molecular complexity index is 1620. The third-order valence-corrected chi connectivity index (χ3v) is 5.89. The SMILES string of the molecule is CCCc1ccc(C(F)(F)Oc2ccc(C(=O)Oc3ccc(C(F)(F)Oc4cc(F)c(F)c(F)c4)c(F)c3)cc2)c(F)c1. The Labute approximate surface area is 238 Å². The van der Waals surface area contributed by atoms with Gasteiger partial charge in [-0.25, -0.2) is 26.7 Å². The lowest BCUT2D eigenvalue weighted by molar-refractivity contribution is -0.188. The van der Waals surface area contributed by atoms with E-state index in [9.17, 15) is 44.3 Å². The molecule has 226 valence electrons. The van der Waals surface area contributed by atoms with Crippen LogP contribution in [0.1, 0.15) is 40.4 Å². The van der Waals surface area contributed by atoms with Crippen molar-refractivity contribution in [1.29, 1.82) is 0 Å². The Kier molecular flexibility index (Phi) is 8.93. The summed E-state index contributed by atoms with van der Waals surface area (Å²) >= 11 is 0. The Morgan fingerprint density at radius 1 is 0.628 bits per heavy atom. The van der Waals surface area contributed by atoms with Gasteiger partial charge in [-0.3, -0.25) is 0 Å². The van der Waals surface area contributed by atoms with Gasteiger partial charge >= 0.3 is 18.2 Å². The van der Waals surface area contributed by atoms with E-state index in [4.69, 9.17) is 4.74 Å². The van der Waals surface area contributed by atoms with Crippen LogP contribution >= 0.6 is 0 Å². The van der Waals surface area contributed by atoms with E-state index in [1.807, 2.05) is 6.92 Å². The number of carbonyl (C=O) groups excluding carboxylic acids is 1. The molecule has 4 aromatic rings. The Balaban J connectivity index is 1.42. The fourth-order valence-corrected chi connectivity index (χ4v) is 3.86. The molecule has 13 heteroatoms. The normalized spacial score (nSPS) is 11.8. The van der Waals surface area contributed by atoms with Gasteiger partial charge in [-0.05, 0) is 60.5 Å². The van der Waals surface area contributed by atoms with E-state index in [1.165, 1.54) is 6.07 Å². The van der Waals surface area contributed by atoms with E-state index in [2.05, 4.69) is 9.47 Å². The molecule has 0 unspecified atom stereocenters. The van der Waals surface area contributed by atoms with Crippen LogP contribution in [0.2, 0.25) is 0 Å². The first kappa shape index (κ1) is 31.3. The quantitative estimate of drug-likeness (QED) is 0.0776. The molecular formula is C30H19F9O4. The fraction of sp³-hybridized carbons (Fsp3) is 0.167. The Morgan fingerprint density at radius 3 is 1.65 bits per heavy atom. The van der Waals surface area contributed by atoms with Crippen molar-refractivity contribution in [3.63, 3.8) is 0 Å². The van der Waals surface area contributed by atoms with Crippen LogP contribution in [0.5, 0.6) is 17.2 Å². The van der Waals surface area contributed by atoms with Gasteiger partial charge in [0.15, 0.2) is 17.5 Å². The van der Waals surface area contributed by atoms with Crippen LogP contribution < -0.4 is 14.2 Å². The average molecular weight is 614 g/mol. The number of hydrogen-bond donors (Lipinski definition) is 0. The largest absolute Gasteiger partial charge is 0.429 e. The number of aryl methyl sites for hydroxylation is 1. The van der Waals surface area contributed by atoms with E-state index in [-0.39, 0.29) is 17.7 Å². The van der Waals surface area contributed by atoms with E-state index in [0.29, 0.717) is 30.5 Å². The predicted molar refractivity (Wildman–Crippen MR) is 134 cm³/mol. The van der Waals surface area contributed by atoms with Crippen LogP contribution in [0.3, 0.4) is 0 Å². The first-order chi connectivity index (χ1) is 20.2. The summed E-state index contributed by atoms with van der Waals surface area (Å²) in [6.07, 6.45) is -7.35. The van der Waals surface area contributed by atoms with Gasteiger partial charge in [0.05, 0.1) is 11.1 Å². The summed E-state index contributed by atoms with van der Waals surface area (Å²) in [5.74, 6) is -11.6. The van der Waals surface area contributed by atoms with Crippen molar-refractivity contribution < 1.29 is 58.5 Å². The van der Waals surface area contributed by atoms with Crippen LogP contribution in [-0.4, -0.2) is 5.97 Å². The lowest BCUT2D eigenvalue weighted by Gasteiger charge is -2.19. The second-order valence-corrected chi connectivity index (χ2v) is 9.06. The molecule has 0 aliphatic heterocycles. The summed E-state index contributed by atoms with van der Waals surface area (Å²) in [5.41, 5.74) is -2.09. The molecule has 0 spiro atoms. The molecule has 0 radical (unpaired) electrons. The van der Waals surface area contributed by atoms with Crippen molar-refractivity contribution in [2.45, 2.75) is 32.0 Å². The molecule has 4 aromatic carbocycles. The molecule has 0 atom stereocenters. The van der Waals surface area contributed by atoms with Gasteiger partial charge in [0.25, 0.3) is 0 Å². The number of esters is 1. The third kappa shape index (κ3) is 7.22. The highest BCUT2D eigenvalue weighted by atomic mass is 19.3. The van der Waals surface area contributed by atoms with E-state index >= 15 is 0 Å². The topological polar surface area (TPSA) is 44.8 Å². The zero-order chi connectivity index (χ0) is 31.5. The minimum absolute atomic E-state index is 0.140. The number of benzene rings is 4. The van der Waals surface area contributed by atoms with Crippen molar-refractivity contribution in [1.82, 2.24) is 0 Å². The summed E-state index contributed by atoms with van der Waals surface area (Å²) in [5, 5.41) is 0. The molecule has 0 bridgehead atoms. The molecule has 0 amide bonds. The summed E-state index contributed by atoms with van der Waals surface area (Å²) in [4.78, 5) is 12.4. The van der Waals surface area contributed by atoms with E-state index in [0.717, 1.165) is 42.5 Å². The zero-order valence-corrected chi connectivity index (χ0v) is 21.9. The van der Waals surface area contributed by atoms with Gasteiger partial charge in [-0.15, -0.1) is 0 Å². The summed E-state index contributed by atoms with van der Waals surface area (Å²) in [7, 11) is 0. The molecule has 0 saturated heterocycles. The fourth-order valence-electron chi connectivity index (χ4n) is 3.86. The highest BCUT2D eigenvalue weighted by molar-refractivity contribution is 5.91. The van der Waals surface area contributed by atoms with Gasteiger partial charge in [0.1, 0.15) is 34.4 Å². The predicted octanol–water partition coefficient (Wildman–Crippen LogP) is 8.81. The molecule has 4 nitrogen and oxygen atoms in total. The number of carbonyl (C=O) groups is 1. The zero-order valence-electron chi connectivity index (χ0n) is 21.9. The molecule has 0 aliphatic rings. The van der Waals surface area contributed by atoms with E-state index in [1.54, 1.807) is 0 Å². The maximum absolute atomic E-state index is 14.6. The van der Waals surface area contributed by atoms with Gasteiger partial charge in [0, 0.05) is 18.2 Å². The van der Waals surface area contributed by atoms with Gasteiger partial charge in [-0.2, -0.15) is 17.6 Å². The molecule has 0 aromatic heterocycles. The van der Waals surface area contributed by atoms with Gasteiger partial charge in [-0.1, -0.05) is 19.4 Å². The molecule has 0 heterocycles. The first-order valence-corrected chi connectivity index (χ1v) is 12.4. The molecule has 0 N–H and O–H groups in total. The average Bonchev–Trinajstić information content (AvgIpc) is 2.91. The molecule has 0 saturated carbocycles. The molecule has 0 aliphatic carbocycles. The van der Waals surface area contributed by atoms with Crippen LogP contribution in [0.4, 0.5) is 39.5 Å². The second-order valence-electron chi connectivity index (χ2n) is 9.06. The van der Waals surface area contributed by atoms with Gasteiger partial charge in [0.2, 0.25) is 0 Å². The Morgan fingerprint density at radius 2 is 1.12 bits per heavy atom. The summed E-state index contributed by atoms with van der Waals surface area (Å²) in [6.45, 7) is 1.85. The molecule has 43 heavy (non-hydrogen) atoms. The lowest BCUT2D eigenvalue weighted by atomic mass is 10.1. The first-order valence-electron chi connectivity index (χ1n) is 12.4. The highest BCUT2D eigenvalue weighted by Gasteiger charge is 2.39. The monoisotopic (exact) mass is 614 g/mol. The lowest BCUT2D eigenvalue weighted by Crippen LogP contribution is -2.24. The molecule has 4 rings (SSSR count). The maximum atomic E-state index is 14.6. The van der Waals surface area contributed by atoms with Gasteiger partial charge < -0.3 is 14.2 Å². The number of halogens is 9. The number of alkyl halides is 4. The smallest absolute Gasteiger partial charge is 0.429 e. The highest BCUT2D eigenvalue weighted by Crippen LogP contribution is 2.36. The van der Waals surface area contributed by atoms with Crippen molar-refractivity contribution in [3.05, 3.63) is 124 Å². The summed E-state index contributed by atoms with van der Waals surface area (Å²) in [6, 6.07) is 9.15. The maximum Gasteiger partial charge on any atom is 0.429 e. The summed E-state index contributed by atoms with van der Waals surface area (Å²) < 4.78 is 140. The van der Waals surface area contributed by atoms with Crippen LogP contribution in [0.15, 0.2) is 72.8 Å². The van der Waals surface area contributed by atoms with Crippen molar-refractivity contribution in [2.24, 2.45) is 0 Å². The van der Waals surface area contributed by atoms with Crippen LogP contribution in [0.25, 0.3) is 0 Å². The van der Waals surface area contributed by atoms with Crippen molar-refractivity contribution in [3.8, 4) is 17.2 Å². The van der Waals surface area contributed by atoms with E-state index < -0.39 is 75.6 Å². The number of rotatable bonds is 10.